The van der Waals surface area contributed by atoms with E-state index >= 15 is 0 Å². The molecule has 1 saturated heterocycles. The lowest BCUT2D eigenvalue weighted by Gasteiger charge is -2.34. The number of nitrogens with one attached hydrogen (secondary N) is 1. The summed E-state index contributed by atoms with van der Waals surface area (Å²) >= 11 is 0. The largest absolute Gasteiger partial charge is 0.497 e. The highest BCUT2D eigenvalue weighted by atomic mass is 16.5. The Bertz CT molecular complexity index is 643. The van der Waals surface area contributed by atoms with Gasteiger partial charge >= 0.3 is 0 Å². The van der Waals surface area contributed by atoms with Crippen LogP contribution in [0.4, 0.5) is 0 Å². The maximum Gasteiger partial charge on any atom is 0.266 e. The predicted octanol–water partition coefficient (Wildman–Crippen LogP) is 0.338. The molecule has 1 aromatic rings. The first-order valence-electron chi connectivity index (χ1n) is 8.86. The average Bonchev–Trinajstić information content (AvgIpc) is 2.69. The first kappa shape index (κ1) is 19.8. The van der Waals surface area contributed by atoms with Crippen molar-refractivity contribution in [3.8, 4) is 11.8 Å². The van der Waals surface area contributed by atoms with E-state index in [0.717, 1.165) is 37.4 Å². The Balaban J connectivity index is 1.79. The summed E-state index contributed by atoms with van der Waals surface area (Å²) in [5, 5.41) is 12.4. The summed E-state index contributed by atoms with van der Waals surface area (Å²) in [6.07, 6.45) is 2.32. The molecule has 0 unspecified atom stereocenters. The summed E-state index contributed by atoms with van der Waals surface area (Å²) in [5.74, 6) is 0.613. The molecule has 1 aliphatic heterocycles. The maximum absolute atomic E-state index is 12.5. The lowest BCUT2D eigenvalue weighted by atomic mass is 10.1. The number of amides is 1. The number of nitrogens with zero attached hydrogens (tertiary/aromatic N) is 3. The zero-order chi connectivity index (χ0) is 18.8. The van der Waals surface area contributed by atoms with Gasteiger partial charge in [-0.25, -0.2) is 0 Å². The molecule has 1 heterocycles. The third-order valence-electron chi connectivity index (χ3n) is 4.42. The Morgan fingerprint density at radius 1 is 1.31 bits per heavy atom. The lowest BCUT2D eigenvalue weighted by molar-refractivity contribution is -0.128. The molecule has 0 atom stereocenters. The fraction of sp³-hybridized carbons (Fsp3) is 0.474. The maximum atomic E-state index is 12.5. The normalized spacial score (nSPS) is 15.4. The Kier molecular flexibility index (Phi) is 7.93. The number of piperazine rings is 1. The van der Waals surface area contributed by atoms with E-state index < -0.39 is 0 Å². The van der Waals surface area contributed by atoms with Crippen LogP contribution in [0, 0.1) is 11.3 Å². The number of carbonyl (C=O) groups is 1. The van der Waals surface area contributed by atoms with Gasteiger partial charge < -0.3 is 20.7 Å². The van der Waals surface area contributed by atoms with Crippen molar-refractivity contribution in [1.82, 2.24) is 15.1 Å². The van der Waals surface area contributed by atoms with E-state index in [-0.39, 0.29) is 11.5 Å². The third-order valence-corrected chi connectivity index (χ3v) is 4.42. The van der Waals surface area contributed by atoms with Crippen LogP contribution in [0.25, 0.3) is 0 Å². The van der Waals surface area contributed by atoms with Gasteiger partial charge in [0.1, 0.15) is 17.4 Å². The second-order valence-electron chi connectivity index (χ2n) is 6.14. The van der Waals surface area contributed by atoms with Gasteiger partial charge in [-0.3, -0.25) is 9.69 Å². The molecule has 0 radical (unpaired) electrons. The van der Waals surface area contributed by atoms with Gasteiger partial charge in [0.2, 0.25) is 0 Å². The third kappa shape index (κ3) is 5.76. The Hall–Kier alpha value is -2.56. The lowest BCUT2D eigenvalue weighted by Crippen LogP contribution is -2.50. The molecule has 3 N–H and O–H groups in total. The smallest absolute Gasteiger partial charge is 0.266 e. The summed E-state index contributed by atoms with van der Waals surface area (Å²) in [5.41, 5.74) is 6.86. The van der Waals surface area contributed by atoms with E-state index in [9.17, 15) is 10.1 Å². The average molecular weight is 357 g/mol. The van der Waals surface area contributed by atoms with Gasteiger partial charge in [-0.15, -0.1) is 0 Å². The summed E-state index contributed by atoms with van der Waals surface area (Å²) < 4.78 is 5.13. The zero-order valence-electron chi connectivity index (χ0n) is 15.3. The number of hydrogen-bond donors (Lipinski definition) is 2. The number of rotatable bonds is 8. The molecule has 0 aromatic heterocycles. The number of benzene rings is 1. The van der Waals surface area contributed by atoms with Crippen LogP contribution < -0.4 is 15.8 Å². The fourth-order valence-electron chi connectivity index (χ4n) is 2.85. The van der Waals surface area contributed by atoms with Crippen LogP contribution in [0.5, 0.6) is 5.75 Å². The van der Waals surface area contributed by atoms with Crippen molar-refractivity contribution in [2.75, 3.05) is 52.9 Å². The van der Waals surface area contributed by atoms with E-state index in [1.54, 1.807) is 12.0 Å². The highest BCUT2D eigenvalue weighted by Crippen LogP contribution is 2.11. The van der Waals surface area contributed by atoms with Crippen molar-refractivity contribution < 1.29 is 9.53 Å². The van der Waals surface area contributed by atoms with E-state index in [1.807, 2.05) is 30.3 Å². The van der Waals surface area contributed by atoms with E-state index in [1.165, 1.54) is 6.20 Å². The molecule has 0 saturated carbocycles. The molecule has 140 valence electrons. The predicted molar refractivity (Wildman–Crippen MR) is 100 cm³/mol. The van der Waals surface area contributed by atoms with Gasteiger partial charge in [-0.05, 0) is 24.1 Å². The number of nitrogens with two attached hydrogens (primary N) is 1. The first-order valence-corrected chi connectivity index (χ1v) is 8.86. The molecular formula is C19H27N5O2. The summed E-state index contributed by atoms with van der Waals surface area (Å²) in [4.78, 5) is 16.4. The van der Waals surface area contributed by atoms with Crippen molar-refractivity contribution in [1.29, 1.82) is 5.26 Å². The van der Waals surface area contributed by atoms with Crippen molar-refractivity contribution >= 4 is 5.91 Å². The SMILES string of the molecule is COc1ccc(CCN/C=C(/C#N)C(=O)N2CCN(CCN)CC2)cc1. The zero-order valence-corrected chi connectivity index (χ0v) is 15.3. The van der Waals surface area contributed by atoms with Gasteiger partial charge in [-0.1, -0.05) is 12.1 Å². The quantitative estimate of drug-likeness (QED) is 0.396. The van der Waals surface area contributed by atoms with Crippen LogP contribution in [-0.4, -0.2) is 68.6 Å². The van der Waals surface area contributed by atoms with Crippen LogP contribution in [0.15, 0.2) is 36.0 Å². The van der Waals surface area contributed by atoms with E-state index in [4.69, 9.17) is 10.5 Å². The van der Waals surface area contributed by atoms with Crippen molar-refractivity contribution in [3.63, 3.8) is 0 Å². The Morgan fingerprint density at radius 2 is 2.00 bits per heavy atom. The Labute approximate surface area is 155 Å². The summed E-state index contributed by atoms with van der Waals surface area (Å²) in [6.45, 7) is 4.97. The molecule has 1 aliphatic rings. The topological polar surface area (TPSA) is 94.6 Å². The number of hydrogen-bond acceptors (Lipinski definition) is 6. The number of carbonyl (C=O) groups excluding carboxylic acids is 1. The van der Waals surface area contributed by atoms with E-state index in [2.05, 4.69) is 10.2 Å². The molecular weight excluding hydrogens is 330 g/mol. The molecule has 1 aromatic carbocycles. The minimum atomic E-state index is -0.211. The molecule has 0 bridgehead atoms. The van der Waals surface area contributed by atoms with Gasteiger partial charge in [0.25, 0.3) is 5.91 Å². The molecule has 1 fully saturated rings. The molecule has 0 aliphatic carbocycles. The second kappa shape index (κ2) is 10.4. The van der Waals surface area contributed by atoms with Gasteiger partial charge in [0, 0.05) is 52.0 Å². The molecule has 1 amide bonds. The number of methoxy groups -OCH3 is 1. The molecule has 0 spiro atoms. The second-order valence-corrected chi connectivity index (χ2v) is 6.14. The van der Waals surface area contributed by atoms with Crippen LogP contribution in [0.1, 0.15) is 5.56 Å². The molecule has 26 heavy (non-hydrogen) atoms. The van der Waals surface area contributed by atoms with Crippen LogP contribution in [0.2, 0.25) is 0 Å². The Morgan fingerprint density at radius 3 is 2.58 bits per heavy atom. The van der Waals surface area contributed by atoms with Crippen LogP contribution >= 0.6 is 0 Å². The van der Waals surface area contributed by atoms with Gasteiger partial charge in [-0.2, -0.15) is 5.26 Å². The van der Waals surface area contributed by atoms with Crippen LogP contribution in [0.3, 0.4) is 0 Å². The standard InChI is InChI=1S/C19H27N5O2/c1-26-18-4-2-16(3-5-18)6-8-22-15-17(14-21)19(25)24-12-10-23(9-7-20)11-13-24/h2-5,15,22H,6-13,20H2,1H3/b17-15-. The monoisotopic (exact) mass is 357 g/mol. The highest BCUT2D eigenvalue weighted by molar-refractivity contribution is 5.97. The minimum Gasteiger partial charge on any atom is -0.497 e. The number of nitriles is 1. The molecule has 7 nitrogen and oxygen atoms in total. The van der Waals surface area contributed by atoms with E-state index in [0.29, 0.717) is 26.2 Å². The first-order chi connectivity index (χ1) is 12.7. The van der Waals surface area contributed by atoms with Gasteiger partial charge in [0.05, 0.1) is 7.11 Å². The van der Waals surface area contributed by atoms with Crippen molar-refractivity contribution in [3.05, 3.63) is 41.6 Å². The molecule has 2 rings (SSSR count). The van der Waals surface area contributed by atoms with Crippen molar-refractivity contribution in [2.24, 2.45) is 5.73 Å². The summed E-state index contributed by atoms with van der Waals surface area (Å²) in [6, 6.07) is 9.84. The van der Waals surface area contributed by atoms with Crippen LogP contribution in [-0.2, 0) is 11.2 Å². The fourth-order valence-corrected chi connectivity index (χ4v) is 2.85. The van der Waals surface area contributed by atoms with Gasteiger partial charge in [0.15, 0.2) is 0 Å². The summed E-state index contributed by atoms with van der Waals surface area (Å²) in [7, 11) is 1.64. The minimum absolute atomic E-state index is 0.145. The van der Waals surface area contributed by atoms with Crippen molar-refractivity contribution in [2.45, 2.75) is 6.42 Å². The number of ether oxygens (including phenoxy) is 1. The highest BCUT2D eigenvalue weighted by Gasteiger charge is 2.23. The molecule has 7 heteroatoms.